The van der Waals surface area contributed by atoms with Gasteiger partial charge in [0.2, 0.25) is 0 Å². The third kappa shape index (κ3) is 4.80. The van der Waals surface area contributed by atoms with Crippen molar-refractivity contribution in [2.24, 2.45) is 0 Å². The lowest BCUT2D eigenvalue weighted by Crippen LogP contribution is -2.25. The largest absolute Gasteiger partial charge is 0.416 e. The van der Waals surface area contributed by atoms with Crippen LogP contribution in [0.3, 0.4) is 0 Å². The minimum atomic E-state index is -4.27. The molecule has 5 heteroatoms. The van der Waals surface area contributed by atoms with E-state index in [1.54, 1.807) is 6.07 Å². The van der Waals surface area contributed by atoms with Crippen molar-refractivity contribution in [3.63, 3.8) is 0 Å². The molecule has 0 spiro atoms. The quantitative estimate of drug-likeness (QED) is 0.833. The minimum absolute atomic E-state index is 0.303. The van der Waals surface area contributed by atoms with E-state index < -0.39 is 11.7 Å². The number of hydrogen-bond donors (Lipinski definition) is 1. The lowest BCUT2D eigenvalue weighted by molar-refractivity contribution is -0.137. The van der Waals surface area contributed by atoms with Crippen LogP contribution in [0.1, 0.15) is 36.8 Å². The van der Waals surface area contributed by atoms with Gasteiger partial charge in [0.15, 0.2) is 0 Å². The highest BCUT2D eigenvalue weighted by atomic mass is 19.4. The second kappa shape index (κ2) is 7.09. The first-order valence-corrected chi connectivity index (χ1v) is 7.04. The fourth-order valence-electron chi connectivity index (χ4n) is 2.39. The Morgan fingerprint density at radius 3 is 2.80 bits per heavy atom. The zero-order valence-corrected chi connectivity index (χ0v) is 11.4. The lowest BCUT2D eigenvalue weighted by Gasteiger charge is -2.22. The summed E-state index contributed by atoms with van der Waals surface area (Å²) in [5.41, 5.74) is 0.0665. The molecule has 1 aliphatic rings. The van der Waals surface area contributed by atoms with Crippen LogP contribution in [0.15, 0.2) is 24.3 Å². The fourth-order valence-corrected chi connectivity index (χ4v) is 2.39. The Morgan fingerprint density at radius 2 is 2.10 bits per heavy atom. The van der Waals surface area contributed by atoms with Crippen molar-refractivity contribution >= 4 is 0 Å². The van der Waals surface area contributed by atoms with Crippen molar-refractivity contribution in [1.82, 2.24) is 5.32 Å². The molecule has 0 bridgehead atoms. The molecule has 0 amide bonds. The molecule has 2 rings (SSSR count). The van der Waals surface area contributed by atoms with Crippen LogP contribution in [0.4, 0.5) is 13.2 Å². The van der Waals surface area contributed by atoms with Crippen LogP contribution in [0.2, 0.25) is 0 Å². The molecule has 1 saturated heterocycles. The number of ether oxygens (including phenoxy) is 1. The SMILES string of the molecule is FC(F)(F)c1cccc(CNCCC2CCCCO2)c1. The molecule has 0 saturated carbocycles. The summed E-state index contributed by atoms with van der Waals surface area (Å²) < 4.78 is 43.3. The van der Waals surface area contributed by atoms with Gasteiger partial charge in [0.1, 0.15) is 0 Å². The van der Waals surface area contributed by atoms with Crippen LogP contribution in [-0.4, -0.2) is 19.3 Å². The van der Waals surface area contributed by atoms with Gasteiger partial charge in [0.05, 0.1) is 11.7 Å². The van der Waals surface area contributed by atoms with E-state index in [0.717, 1.165) is 38.5 Å². The first-order chi connectivity index (χ1) is 9.55. The molecule has 1 aliphatic heterocycles. The summed E-state index contributed by atoms with van der Waals surface area (Å²) in [5.74, 6) is 0. The summed E-state index contributed by atoms with van der Waals surface area (Å²) in [6.45, 7) is 2.05. The van der Waals surface area contributed by atoms with Crippen LogP contribution in [0.25, 0.3) is 0 Å². The Balaban J connectivity index is 1.73. The van der Waals surface area contributed by atoms with E-state index in [-0.39, 0.29) is 0 Å². The Bertz CT molecular complexity index is 414. The van der Waals surface area contributed by atoms with Crippen molar-refractivity contribution < 1.29 is 17.9 Å². The molecule has 0 radical (unpaired) electrons. The predicted octanol–water partition coefficient (Wildman–Crippen LogP) is 3.75. The molecule has 20 heavy (non-hydrogen) atoms. The van der Waals surface area contributed by atoms with Crippen LogP contribution in [0.5, 0.6) is 0 Å². The molecular formula is C15H20F3NO. The average molecular weight is 287 g/mol. The van der Waals surface area contributed by atoms with E-state index in [1.165, 1.54) is 18.6 Å². The summed E-state index contributed by atoms with van der Waals surface area (Å²) in [6, 6.07) is 5.45. The van der Waals surface area contributed by atoms with Gasteiger partial charge in [-0.2, -0.15) is 13.2 Å². The van der Waals surface area contributed by atoms with Gasteiger partial charge in [0, 0.05) is 13.2 Å². The molecule has 1 unspecified atom stereocenters. The van der Waals surface area contributed by atoms with E-state index in [1.807, 2.05) is 0 Å². The Labute approximate surface area is 117 Å². The maximum atomic E-state index is 12.6. The molecular weight excluding hydrogens is 267 g/mol. The summed E-state index contributed by atoms with van der Waals surface area (Å²) in [5, 5.41) is 3.18. The van der Waals surface area contributed by atoms with Crippen molar-refractivity contribution in [2.45, 2.75) is 44.5 Å². The lowest BCUT2D eigenvalue weighted by atomic mass is 10.1. The van der Waals surface area contributed by atoms with Gasteiger partial charge in [0.25, 0.3) is 0 Å². The molecule has 1 heterocycles. The highest BCUT2D eigenvalue weighted by Gasteiger charge is 2.30. The molecule has 0 aliphatic carbocycles. The third-order valence-electron chi connectivity index (χ3n) is 3.50. The maximum absolute atomic E-state index is 12.6. The van der Waals surface area contributed by atoms with Crippen molar-refractivity contribution in [2.75, 3.05) is 13.2 Å². The number of alkyl halides is 3. The van der Waals surface area contributed by atoms with E-state index in [9.17, 15) is 13.2 Å². The standard InChI is InChI=1S/C15H20F3NO/c16-15(17,18)13-5-3-4-12(10-13)11-19-8-7-14-6-1-2-9-20-14/h3-5,10,14,19H,1-2,6-9,11H2. The number of rotatable bonds is 5. The molecule has 1 aromatic carbocycles. The van der Waals surface area contributed by atoms with Crippen molar-refractivity contribution in [1.29, 1.82) is 0 Å². The van der Waals surface area contributed by atoms with Gasteiger partial charge in [-0.15, -0.1) is 0 Å². The first kappa shape index (κ1) is 15.3. The molecule has 2 nitrogen and oxygen atoms in total. The highest BCUT2D eigenvalue weighted by Crippen LogP contribution is 2.29. The summed E-state index contributed by atoms with van der Waals surface area (Å²) in [7, 11) is 0. The van der Waals surface area contributed by atoms with E-state index in [0.29, 0.717) is 18.2 Å². The molecule has 112 valence electrons. The summed E-state index contributed by atoms with van der Waals surface area (Å²) in [4.78, 5) is 0. The van der Waals surface area contributed by atoms with Crippen LogP contribution in [0, 0.1) is 0 Å². The van der Waals surface area contributed by atoms with E-state index in [4.69, 9.17) is 4.74 Å². The van der Waals surface area contributed by atoms with Gasteiger partial charge in [-0.25, -0.2) is 0 Å². The molecule has 0 aromatic heterocycles. The monoisotopic (exact) mass is 287 g/mol. The predicted molar refractivity (Wildman–Crippen MR) is 71.4 cm³/mol. The van der Waals surface area contributed by atoms with Crippen LogP contribution >= 0.6 is 0 Å². The smallest absolute Gasteiger partial charge is 0.378 e. The normalized spacial score (nSPS) is 20.1. The number of halogens is 3. The Morgan fingerprint density at radius 1 is 1.25 bits per heavy atom. The van der Waals surface area contributed by atoms with Gasteiger partial charge >= 0.3 is 6.18 Å². The maximum Gasteiger partial charge on any atom is 0.416 e. The molecule has 1 atom stereocenters. The molecule has 1 fully saturated rings. The van der Waals surface area contributed by atoms with Crippen molar-refractivity contribution in [3.05, 3.63) is 35.4 Å². The second-order valence-electron chi connectivity index (χ2n) is 5.15. The summed E-state index contributed by atoms with van der Waals surface area (Å²) in [6.07, 6.45) is 0.376. The van der Waals surface area contributed by atoms with Crippen LogP contribution < -0.4 is 5.32 Å². The highest BCUT2D eigenvalue weighted by molar-refractivity contribution is 5.25. The topological polar surface area (TPSA) is 21.3 Å². The zero-order valence-electron chi connectivity index (χ0n) is 11.4. The number of benzene rings is 1. The van der Waals surface area contributed by atoms with Gasteiger partial charge in [-0.1, -0.05) is 18.2 Å². The fraction of sp³-hybridized carbons (Fsp3) is 0.600. The Hall–Kier alpha value is -1.07. The average Bonchev–Trinajstić information content (AvgIpc) is 2.44. The van der Waals surface area contributed by atoms with Crippen molar-refractivity contribution in [3.8, 4) is 0 Å². The minimum Gasteiger partial charge on any atom is -0.378 e. The number of hydrogen-bond acceptors (Lipinski definition) is 2. The van der Waals surface area contributed by atoms with Gasteiger partial charge < -0.3 is 10.1 Å². The van der Waals surface area contributed by atoms with Crippen LogP contribution in [-0.2, 0) is 17.5 Å². The third-order valence-corrected chi connectivity index (χ3v) is 3.50. The van der Waals surface area contributed by atoms with Gasteiger partial charge in [-0.05, 0) is 43.9 Å². The summed E-state index contributed by atoms with van der Waals surface area (Å²) >= 11 is 0. The first-order valence-electron chi connectivity index (χ1n) is 7.04. The number of nitrogens with one attached hydrogen (secondary N) is 1. The Kier molecular flexibility index (Phi) is 5.43. The molecule has 1 N–H and O–H groups in total. The second-order valence-corrected chi connectivity index (χ2v) is 5.15. The molecule has 1 aromatic rings. The van der Waals surface area contributed by atoms with E-state index >= 15 is 0 Å². The van der Waals surface area contributed by atoms with E-state index in [2.05, 4.69) is 5.32 Å². The zero-order chi connectivity index (χ0) is 14.4. The van der Waals surface area contributed by atoms with Gasteiger partial charge in [-0.3, -0.25) is 0 Å².